The number of aliphatic hydroxyl groups is 2. The fourth-order valence-electron chi connectivity index (χ4n) is 0.387. The van der Waals surface area contributed by atoms with Gasteiger partial charge in [-0.15, -0.1) is 0 Å². The highest BCUT2D eigenvalue weighted by molar-refractivity contribution is 7.79. The molecule has 7 heteroatoms. The molecule has 0 saturated carbocycles. The lowest BCUT2D eigenvalue weighted by atomic mass is 10.2. The molecular formula is C5H14O6S. The van der Waals surface area contributed by atoms with E-state index < -0.39 is 10.4 Å². The van der Waals surface area contributed by atoms with Crippen LogP contribution in [-0.2, 0) is 10.4 Å². The summed E-state index contributed by atoms with van der Waals surface area (Å²) in [5, 5.41) is 16.8. The van der Waals surface area contributed by atoms with E-state index in [2.05, 4.69) is 0 Å². The van der Waals surface area contributed by atoms with Crippen molar-refractivity contribution >= 4 is 10.4 Å². The maximum Gasteiger partial charge on any atom is 0.394 e. The molecule has 1 unspecified atom stereocenters. The molecule has 1 atom stereocenters. The number of rotatable bonds is 3. The lowest BCUT2D eigenvalue weighted by Crippen LogP contribution is -1.99. The lowest BCUT2D eigenvalue weighted by Gasteiger charge is -1.98. The van der Waals surface area contributed by atoms with E-state index in [-0.39, 0.29) is 12.7 Å². The van der Waals surface area contributed by atoms with Gasteiger partial charge in [0.05, 0.1) is 6.10 Å². The van der Waals surface area contributed by atoms with Gasteiger partial charge in [-0.25, -0.2) is 0 Å². The Bertz CT molecular complexity index is 164. The molecule has 0 heterocycles. The van der Waals surface area contributed by atoms with Crippen molar-refractivity contribution in [2.45, 2.75) is 25.9 Å². The molecular weight excluding hydrogens is 188 g/mol. The van der Waals surface area contributed by atoms with Crippen molar-refractivity contribution in [1.82, 2.24) is 0 Å². The third-order valence-electron chi connectivity index (χ3n) is 0.780. The van der Waals surface area contributed by atoms with Gasteiger partial charge in [0.2, 0.25) is 0 Å². The Kier molecular flexibility index (Phi) is 8.88. The Morgan fingerprint density at radius 1 is 1.33 bits per heavy atom. The fourth-order valence-corrected chi connectivity index (χ4v) is 0.387. The maximum atomic E-state index is 8.74. The molecule has 76 valence electrons. The monoisotopic (exact) mass is 202 g/mol. The first kappa shape index (κ1) is 14.3. The van der Waals surface area contributed by atoms with Crippen molar-refractivity contribution in [3.8, 4) is 0 Å². The van der Waals surface area contributed by atoms with Crippen LogP contribution in [0.4, 0.5) is 0 Å². The third kappa shape index (κ3) is 52.7. The smallest absolute Gasteiger partial charge is 0.394 e. The molecule has 0 aromatic heterocycles. The molecule has 0 amide bonds. The van der Waals surface area contributed by atoms with Gasteiger partial charge >= 0.3 is 10.4 Å². The van der Waals surface area contributed by atoms with E-state index in [0.717, 1.165) is 0 Å². The Labute approximate surface area is 71.4 Å². The average Bonchev–Trinajstić information content (AvgIpc) is 1.79. The van der Waals surface area contributed by atoms with Gasteiger partial charge in [0.15, 0.2) is 0 Å². The van der Waals surface area contributed by atoms with Gasteiger partial charge in [0.25, 0.3) is 0 Å². The van der Waals surface area contributed by atoms with Gasteiger partial charge in [0, 0.05) is 6.61 Å². The van der Waals surface area contributed by atoms with Gasteiger partial charge < -0.3 is 10.2 Å². The maximum absolute atomic E-state index is 8.74. The fraction of sp³-hybridized carbons (Fsp3) is 1.00. The van der Waals surface area contributed by atoms with E-state index in [1.165, 1.54) is 0 Å². The first-order valence-electron chi connectivity index (χ1n) is 3.26. The van der Waals surface area contributed by atoms with E-state index in [4.69, 9.17) is 27.7 Å². The van der Waals surface area contributed by atoms with E-state index in [1.807, 2.05) is 0 Å². The Hall–Kier alpha value is -0.210. The van der Waals surface area contributed by atoms with Crippen LogP contribution < -0.4 is 0 Å². The zero-order valence-electron chi connectivity index (χ0n) is 6.71. The number of aliphatic hydroxyl groups excluding tert-OH is 2. The second-order valence-electron chi connectivity index (χ2n) is 2.16. The summed E-state index contributed by atoms with van der Waals surface area (Å²) >= 11 is 0. The van der Waals surface area contributed by atoms with Crippen molar-refractivity contribution in [2.75, 3.05) is 6.61 Å². The van der Waals surface area contributed by atoms with E-state index in [1.54, 1.807) is 6.92 Å². The van der Waals surface area contributed by atoms with Crippen molar-refractivity contribution in [3.05, 3.63) is 0 Å². The molecule has 0 saturated heterocycles. The molecule has 0 aromatic rings. The quantitative estimate of drug-likeness (QED) is 0.458. The molecule has 0 aliphatic rings. The highest BCUT2D eigenvalue weighted by Crippen LogP contribution is 1.92. The summed E-state index contributed by atoms with van der Waals surface area (Å²) in [5.41, 5.74) is 0. The molecule has 6 nitrogen and oxygen atoms in total. The standard InChI is InChI=1S/C5H12O2.H2O4S/c1-5(7)3-2-4-6;1-5(2,3)4/h5-7H,2-4H2,1H3;(H2,1,2,3,4). The van der Waals surface area contributed by atoms with Crippen LogP contribution >= 0.6 is 0 Å². The molecule has 0 aliphatic carbocycles. The molecule has 0 radical (unpaired) electrons. The Balaban J connectivity index is 0. The molecule has 0 rings (SSSR count). The van der Waals surface area contributed by atoms with Gasteiger partial charge in [-0.1, -0.05) is 0 Å². The van der Waals surface area contributed by atoms with Crippen LogP contribution in [0, 0.1) is 0 Å². The lowest BCUT2D eigenvalue weighted by molar-refractivity contribution is 0.167. The van der Waals surface area contributed by atoms with E-state index in [0.29, 0.717) is 12.8 Å². The third-order valence-corrected chi connectivity index (χ3v) is 0.780. The predicted octanol–water partition coefficient (Wildman–Crippen LogP) is -0.513. The first-order chi connectivity index (χ1) is 5.27. The summed E-state index contributed by atoms with van der Waals surface area (Å²) in [6.07, 6.45) is 1.15. The highest BCUT2D eigenvalue weighted by atomic mass is 32.3. The summed E-state index contributed by atoms with van der Waals surface area (Å²) in [6.45, 7) is 1.90. The van der Waals surface area contributed by atoms with Crippen LogP contribution in [0.25, 0.3) is 0 Å². The van der Waals surface area contributed by atoms with Gasteiger partial charge in [-0.3, -0.25) is 9.11 Å². The van der Waals surface area contributed by atoms with E-state index >= 15 is 0 Å². The first-order valence-corrected chi connectivity index (χ1v) is 4.66. The van der Waals surface area contributed by atoms with Crippen LogP contribution in [0.15, 0.2) is 0 Å². The summed E-state index contributed by atoms with van der Waals surface area (Å²) in [5.74, 6) is 0. The van der Waals surface area contributed by atoms with E-state index in [9.17, 15) is 0 Å². The van der Waals surface area contributed by atoms with Crippen molar-refractivity contribution in [1.29, 1.82) is 0 Å². The largest absolute Gasteiger partial charge is 0.396 e. The SMILES string of the molecule is CC(O)CCCO.O=S(=O)(O)O. The minimum absolute atomic E-state index is 0.185. The summed E-state index contributed by atoms with van der Waals surface area (Å²) in [6, 6.07) is 0. The Morgan fingerprint density at radius 3 is 1.75 bits per heavy atom. The van der Waals surface area contributed by atoms with Crippen LogP contribution in [-0.4, -0.2) is 40.4 Å². The normalized spacial score (nSPS) is 13.1. The van der Waals surface area contributed by atoms with Crippen LogP contribution in [0.3, 0.4) is 0 Å². The predicted molar refractivity (Wildman–Crippen MR) is 42.2 cm³/mol. The second-order valence-corrected chi connectivity index (χ2v) is 3.06. The molecule has 0 aliphatic heterocycles. The topological polar surface area (TPSA) is 115 Å². The molecule has 0 bridgehead atoms. The van der Waals surface area contributed by atoms with Crippen LogP contribution in [0.5, 0.6) is 0 Å². The zero-order chi connectivity index (χ0) is 10.2. The minimum atomic E-state index is -4.67. The van der Waals surface area contributed by atoms with Crippen molar-refractivity contribution < 1.29 is 27.7 Å². The summed E-state index contributed by atoms with van der Waals surface area (Å²) < 4.78 is 31.6. The molecule has 0 spiro atoms. The molecule has 0 aromatic carbocycles. The van der Waals surface area contributed by atoms with Gasteiger partial charge in [-0.05, 0) is 19.8 Å². The molecule has 0 fully saturated rings. The summed E-state index contributed by atoms with van der Waals surface area (Å²) in [4.78, 5) is 0. The van der Waals surface area contributed by atoms with Crippen molar-refractivity contribution in [2.24, 2.45) is 0 Å². The van der Waals surface area contributed by atoms with Crippen molar-refractivity contribution in [3.63, 3.8) is 0 Å². The summed E-state index contributed by atoms with van der Waals surface area (Å²) in [7, 11) is -4.67. The van der Waals surface area contributed by atoms with Gasteiger partial charge in [0.1, 0.15) is 0 Å². The molecule has 4 N–H and O–H groups in total. The second kappa shape index (κ2) is 7.44. The average molecular weight is 202 g/mol. The van der Waals surface area contributed by atoms with Crippen LogP contribution in [0.1, 0.15) is 19.8 Å². The number of hydrogen-bond acceptors (Lipinski definition) is 4. The molecule has 12 heavy (non-hydrogen) atoms. The zero-order valence-corrected chi connectivity index (χ0v) is 7.53. The minimum Gasteiger partial charge on any atom is -0.396 e. The highest BCUT2D eigenvalue weighted by Gasteiger charge is 1.91. The van der Waals surface area contributed by atoms with Gasteiger partial charge in [-0.2, -0.15) is 8.42 Å². The Morgan fingerprint density at radius 2 is 1.67 bits per heavy atom. The number of hydrogen-bond donors (Lipinski definition) is 4. The van der Waals surface area contributed by atoms with Crippen LogP contribution in [0.2, 0.25) is 0 Å².